The number of aliphatic hydroxyl groups is 2. The van der Waals surface area contributed by atoms with E-state index in [2.05, 4.69) is 6.58 Å². The second-order valence-electron chi connectivity index (χ2n) is 7.77. The first-order chi connectivity index (χ1) is 12.6. The fraction of sp³-hybridized carbons (Fsp3) is 0.600. The van der Waals surface area contributed by atoms with Gasteiger partial charge in [0.25, 0.3) is 0 Å². The minimum Gasteiger partial charge on any atom is -0.458 e. The van der Waals surface area contributed by atoms with E-state index >= 15 is 0 Å². The van der Waals surface area contributed by atoms with Crippen molar-refractivity contribution < 1.29 is 34.0 Å². The number of ether oxygens (including phenoxy) is 3. The molecule has 7 heteroatoms. The van der Waals surface area contributed by atoms with E-state index in [-0.39, 0.29) is 12.0 Å². The normalized spacial score (nSPS) is 43.8. The highest BCUT2D eigenvalue weighted by Crippen LogP contribution is 2.44. The summed E-state index contributed by atoms with van der Waals surface area (Å²) in [7, 11) is 0. The van der Waals surface area contributed by atoms with Gasteiger partial charge >= 0.3 is 11.9 Å². The number of allylic oxidation sites excluding steroid dienone is 1. The van der Waals surface area contributed by atoms with Gasteiger partial charge in [0.1, 0.15) is 30.5 Å². The number of carbonyl (C=O) groups excluding carboxylic acids is 2. The number of carbonyl (C=O) groups is 2. The first-order valence-electron chi connectivity index (χ1n) is 9.04. The molecule has 0 bridgehead atoms. The predicted molar refractivity (Wildman–Crippen MR) is 95.5 cm³/mol. The smallest absolute Gasteiger partial charge is 0.334 e. The van der Waals surface area contributed by atoms with E-state index in [1.165, 1.54) is 0 Å². The number of aliphatic hydroxyl groups excluding tert-OH is 1. The SMILES string of the molecule is C=C1C(=O)O[C@@H]2/C=C(/C)[C@@H](O)[C@H]3O[C@H]3[C@](C)(O)C[C@@H](OC(=O)/C(C)=C\C)[C@@H]12. The molecule has 27 heavy (non-hydrogen) atoms. The van der Waals surface area contributed by atoms with E-state index in [1.807, 2.05) is 0 Å². The molecular weight excluding hydrogens is 352 g/mol. The van der Waals surface area contributed by atoms with E-state index in [9.17, 15) is 19.8 Å². The van der Waals surface area contributed by atoms with Gasteiger partial charge in [-0.25, -0.2) is 9.59 Å². The fourth-order valence-electron chi connectivity index (χ4n) is 3.78. The number of hydrogen-bond donors (Lipinski definition) is 2. The molecule has 1 aliphatic carbocycles. The van der Waals surface area contributed by atoms with Gasteiger partial charge < -0.3 is 24.4 Å². The van der Waals surface area contributed by atoms with Gasteiger partial charge in [-0.2, -0.15) is 0 Å². The summed E-state index contributed by atoms with van der Waals surface area (Å²) in [5.41, 5.74) is -0.206. The lowest BCUT2D eigenvalue weighted by molar-refractivity contribution is -0.151. The van der Waals surface area contributed by atoms with Crippen LogP contribution in [-0.2, 0) is 23.8 Å². The van der Waals surface area contributed by atoms with E-state index in [0.717, 1.165) is 0 Å². The Kier molecular flexibility index (Phi) is 5.05. The molecule has 2 heterocycles. The predicted octanol–water partition coefficient (Wildman–Crippen LogP) is 1.19. The highest BCUT2D eigenvalue weighted by Gasteiger charge is 2.58. The van der Waals surface area contributed by atoms with Gasteiger partial charge in [0, 0.05) is 17.6 Å². The van der Waals surface area contributed by atoms with Crippen molar-refractivity contribution in [3.8, 4) is 0 Å². The van der Waals surface area contributed by atoms with Crippen LogP contribution in [0.2, 0.25) is 0 Å². The van der Waals surface area contributed by atoms with Gasteiger partial charge in [-0.1, -0.05) is 12.7 Å². The van der Waals surface area contributed by atoms with Crippen LogP contribution in [0, 0.1) is 5.92 Å². The first kappa shape index (κ1) is 19.8. The van der Waals surface area contributed by atoms with Crippen molar-refractivity contribution in [3.05, 3.63) is 35.5 Å². The molecule has 2 N–H and O–H groups in total. The Labute approximate surface area is 158 Å². The third-order valence-corrected chi connectivity index (χ3v) is 5.63. The highest BCUT2D eigenvalue weighted by molar-refractivity contribution is 5.92. The highest BCUT2D eigenvalue weighted by atomic mass is 16.6. The van der Waals surface area contributed by atoms with Crippen LogP contribution in [0.3, 0.4) is 0 Å². The maximum Gasteiger partial charge on any atom is 0.334 e. The van der Waals surface area contributed by atoms with Gasteiger partial charge in [0.2, 0.25) is 0 Å². The van der Waals surface area contributed by atoms with Crippen LogP contribution in [-0.4, -0.2) is 58.3 Å². The zero-order valence-electron chi connectivity index (χ0n) is 16.0. The van der Waals surface area contributed by atoms with Crippen molar-refractivity contribution in [1.82, 2.24) is 0 Å². The minimum absolute atomic E-state index is 0.0212. The summed E-state index contributed by atoms with van der Waals surface area (Å²) in [5, 5.41) is 21.4. The molecule has 0 aromatic heterocycles. The van der Waals surface area contributed by atoms with Gasteiger partial charge in [-0.3, -0.25) is 0 Å². The molecule has 3 rings (SSSR count). The lowest BCUT2D eigenvalue weighted by Gasteiger charge is -2.33. The maximum atomic E-state index is 12.4. The third-order valence-electron chi connectivity index (χ3n) is 5.63. The zero-order valence-corrected chi connectivity index (χ0v) is 16.0. The molecule has 0 aromatic rings. The van der Waals surface area contributed by atoms with Crippen molar-refractivity contribution in [1.29, 1.82) is 0 Å². The summed E-state index contributed by atoms with van der Waals surface area (Å²) < 4.78 is 16.6. The van der Waals surface area contributed by atoms with Crippen LogP contribution in [0.4, 0.5) is 0 Å². The van der Waals surface area contributed by atoms with Crippen LogP contribution >= 0.6 is 0 Å². The molecule has 0 spiro atoms. The Bertz CT molecular complexity index is 733. The van der Waals surface area contributed by atoms with Crippen molar-refractivity contribution in [2.75, 3.05) is 0 Å². The summed E-state index contributed by atoms with van der Waals surface area (Å²) >= 11 is 0. The molecule has 0 saturated carbocycles. The van der Waals surface area contributed by atoms with E-state index in [4.69, 9.17) is 14.2 Å². The molecule has 7 nitrogen and oxygen atoms in total. The molecule has 7 atom stereocenters. The number of hydrogen-bond acceptors (Lipinski definition) is 7. The Morgan fingerprint density at radius 1 is 1.48 bits per heavy atom. The average molecular weight is 378 g/mol. The molecule has 2 saturated heterocycles. The van der Waals surface area contributed by atoms with Gasteiger partial charge in [-0.05, 0) is 39.3 Å². The molecule has 0 aromatic carbocycles. The molecule has 0 radical (unpaired) electrons. The number of epoxide rings is 1. The van der Waals surface area contributed by atoms with Crippen LogP contribution in [0.1, 0.15) is 34.1 Å². The quantitative estimate of drug-likeness (QED) is 0.322. The Hall–Kier alpha value is -1.96. The Morgan fingerprint density at radius 2 is 2.15 bits per heavy atom. The van der Waals surface area contributed by atoms with Crippen LogP contribution < -0.4 is 0 Å². The monoisotopic (exact) mass is 378 g/mol. The molecular formula is C20H26O7. The molecule has 0 unspecified atom stereocenters. The number of esters is 2. The van der Waals surface area contributed by atoms with E-state index in [1.54, 1.807) is 39.8 Å². The zero-order chi connectivity index (χ0) is 20.1. The topological polar surface area (TPSA) is 106 Å². The molecule has 148 valence electrons. The van der Waals surface area contributed by atoms with Crippen LogP contribution in [0.5, 0.6) is 0 Å². The summed E-state index contributed by atoms with van der Waals surface area (Å²) in [4.78, 5) is 24.5. The standard InChI is InChI=1S/C20H26O7/c1-6-9(2)18(22)26-13-8-20(5,24)17-16(27-17)15(21)10(3)7-12-14(13)11(4)19(23)25-12/h6-7,12-17,21,24H,4,8H2,1-3,5H3/b9-6-,10-7-/t12-,13-,14+,15-,16-,17-,20-/m1/s1. The van der Waals surface area contributed by atoms with Gasteiger partial charge in [0.05, 0.1) is 11.5 Å². The van der Waals surface area contributed by atoms with Gasteiger partial charge in [-0.15, -0.1) is 0 Å². The minimum atomic E-state index is -1.37. The van der Waals surface area contributed by atoms with Crippen molar-refractivity contribution in [2.45, 2.75) is 70.2 Å². The second-order valence-corrected chi connectivity index (χ2v) is 7.77. The van der Waals surface area contributed by atoms with E-state index < -0.39 is 54.0 Å². The third kappa shape index (κ3) is 3.59. The number of rotatable bonds is 2. The largest absolute Gasteiger partial charge is 0.458 e. The maximum absolute atomic E-state index is 12.4. The lowest BCUT2D eigenvalue weighted by Crippen LogP contribution is -2.45. The van der Waals surface area contributed by atoms with Crippen molar-refractivity contribution in [2.24, 2.45) is 5.92 Å². The van der Waals surface area contributed by atoms with Crippen molar-refractivity contribution >= 4 is 11.9 Å². The average Bonchev–Trinajstić information content (AvgIpc) is 3.35. The van der Waals surface area contributed by atoms with E-state index in [0.29, 0.717) is 11.1 Å². The molecule has 2 aliphatic heterocycles. The molecule has 0 amide bonds. The summed E-state index contributed by atoms with van der Waals surface area (Å²) in [6.45, 7) is 10.4. The van der Waals surface area contributed by atoms with Crippen molar-refractivity contribution in [3.63, 3.8) is 0 Å². The molecule has 3 aliphatic rings. The summed E-state index contributed by atoms with van der Waals surface area (Å²) in [6, 6.07) is 0. The summed E-state index contributed by atoms with van der Waals surface area (Å²) in [6.07, 6.45) is -0.349. The second kappa shape index (κ2) is 6.89. The van der Waals surface area contributed by atoms with Crippen LogP contribution in [0.15, 0.2) is 35.5 Å². The molecule has 2 fully saturated rings. The summed E-state index contributed by atoms with van der Waals surface area (Å²) in [5.74, 6) is -1.77. The van der Waals surface area contributed by atoms with Crippen LogP contribution in [0.25, 0.3) is 0 Å². The Balaban J connectivity index is 2.01. The first-order valence-corrected chi connectivity index (χ1v) is 9.04. The van der Waals surface area contributed by atoms with Gasteiger partial charge in [0.15, 0.2) is 0 Å². The fourth-order valence-corrected chi connectivity index (χ4v) is 3.78. The lowest BCUT2D eigenvalue weighted by atomic mass is 9.80. The number of fused-ring (bicyclic) bond motifs is 2. The Morgan fingerprint density at radius 3 is 2.78 bits per heavy atom.